The summed E-state index contributed by atoms with van der Waals surface area (Å²) in [7, 11) is 0. The summed E-state index contributed by atoms with van der Waals surface area (Å²) in [6.07, 6.45) is 0.723. The summed E-state index contributed by atoms with van der Waals surface area (Å²) in [5.41, 5.74) is 12.9. The predicted octanol–water partition coefficient (Wildman–Crippen LogP) is 3.59. The van der Waals surface area contributed by atoms with Crippen LogP contribution >= 0.6 is 0 Å². The van der Waals surface area contributed by atoms with Gasteiger partial charge < -0.3 is 21.7 Å². The summed E-state index contributed by atoms with van der Waals surface area (Å²) in [4.78, 5) is 21.3. The summed E-state index contributed by atoms with van der Waals surface area (Å²) in [6, 6.07) is 26.1. The van der Waals surface area contributed by atoms with E-state index < -0.39 is 24.0 Å². The highest BCUT2D eigenvalue weighted by atomic mass is 16.4. The zero-order valence-electron chi connectivity index (χ0n) is 17.5. The van der Waals surface area contributed by atoms with Crippen LogP contribution in [0.4, 0.5) is 0 Å². The summed E-state index contributed by atoms with van der Waals surface area (Å²) < 4.78 is 0. The smallest absolute Gasteiger partial charge is 0.320 e. The van der Waals surface area contributed by atoms with Crippen molar-refractivity contribution in [1.82, 2.24) is 0 Å². The van der Waals surface area contributed by atoms with E-state index in [9.17, 15) is 9.59 Å². The number of carboxylic acids is 2. The van der Waals surface area contributed by atoms with Crippen LogP contribution in [-0.4, -0.2) is 34.2 Å². The van der Waals surface area contributed by atoms with Crippen LogP contribution in [0, 0.1) is 0 Å². The molecule has 0 saturated carbocycles. The average molecular weight is 431 g/mol. The fourth-order valence-electron chi connectivity index (χ4n) is 3.41. The zero-order chi connectivity index (χ0) is 23.1. The molecule has 2 atom stereocenters. The minimum absolute atomic E-state index is 0.361. The van der Waals surface area contributed by atoms with Crippen molar-refractivity contribution in [2.45, 2.75) is 24.9 Å². The fraction of sp³-hybridized carbons (Fsp3) is 0.154. The quantitative estimate of drug-likeness (QED) is 0.370. The lowest BCUT2D eigenvalue weighted by Gasteiger charge is -2.07. The highest BCUT2D eigenvalue weighted by Crippen LogP contribution is 2.17. The van der Waals surface area contributed by atoms with Crippen LogP contribution < -0.4 is 11.5 Å². The molecule has 0 aromatic heterocycles. The van der Waals surface area contributed by atoms with Gasteiger partial charge in [0.15, 0.2) is 0 Å². The van der Waals surface area contributed by atoms with Crippen molar-refractivity contribution < 1.29 is 19.8 Å². The van der Waals surface area contributed by atoms with E-state index >= 15 is 0 Å². The monoisotopic (exact) mass is 430 g/mol. The van der Waals surface area contributed by atoms with Gasteiger partial charge >= 0.3 is 11.9 Å². The van der Waals surface area contributed by atoms with Gasteiger partial charge in [-0.15, -0.1) is 0 Å². The summed E-state index contributed by atoms with van der Waals surface area (Å²) >= 11 is 0. The molecule has 0 unspecified atom stereocenters. The van der Waals surface area contributed by atoms with Crippen molar-refractivity contribution in [3.63, 3.8) is 0 Å². The highest BCUT2D eigenvalue weighted by Gasteiger charge is 2.12. The lowest BCUT2D eigenvalue weighted by Crippen LogP contribution is -2.32. The van der Waals surface area contributed by atoms with Crippen LogP contribution in [0.15, 0.2) is 84.9 Å². The molecule has 0 aliphatic carbocycles. The van der Waals surface area contributed by atoms with Crippen molar-refractivity contribution in [3.8, 4) is 0 Å². The molecule has 0 fully saturated rings. The molecule has 32 heavy (non-hydrogen) atoms. The Kier molecular flexibility index (Phi) is 7.54. The molecule has 0 spiro atoms. The van der Waals surface area contributed by atoms with Crippen molar-refractivity contribution >= 4 is 33.5 Å². The Hall–Kier alpha value is -3.74. The number of nitrogens with two attached hydrogens (primary N) is 2. The Labute approximate surface area is 186 Å². The number of fused-ring (bicyclic) bond motifs is 2. The number of aliphatic carboxylic acids is 2. The van der Waals surface area contributed by atoms with Crippen LogP contribution in [0.3, 0.4) is 0 Å². The van der Waals surface area contributed by atoms with Crippen molar-refractivity contribution in [2.24, 2.45) is 11.5 Å². The van der Waals surface area contributed by atoms with Crippen LogP contribution in [0.2, 0.25) is 0 Å². The maximum atomic E-state index is 10.6. The first-order chi connectivity index (χ1) is 15.3. The Balaban J connectivity index is 0.000000181. The predicted molar refractivity (Wildman–Crippen MR) is 127 cm³/mol. The second-order valence-corrected chi connectivity index (χ2v) is 7.66. The van der Waals surface area contributed by atoms with E-state index in [2.05, 4.69) is 0 Å². The van der Waals surface area contributed by atoms with Crippen LogP contribution in [0.25, 0.3) is 21.5 Å². The minimum atomic E-state index is -0.965. The van der Waals surface area contributed by atoms with Gasteiger partial charge in [0.05, 0.1) is 0 Å². The third kappa shape index (κ3) is 6.14. The van der Waals surface area contributed by atoms with Gasteiger partial charge in [-0.25, -0.2) is 0 Å². The Morgan fingerprint density at radius 1 is 0.594 bits per heavy atom. The second-order valence-electron chi connectivity index (χ2n) is 7.66. The summed E-state index contributed by atoms with van der Waals surface area (Å²) in [6.45, 7) is 0. The van der Waals surface area contributed by atoms with E-state index in [0.717, 1.165) is 32.7 Å². The van der Waals surface area contributed by atoms with E-state index in [0.29, 0.717) is 12.8 Å². The molecule has 0 saturated heterocycles. The maximum absolute atomic E-state index is 10.6. The molecule has 6 N–H and O–H groups in total. The van der Waals surface area contributed by atoms with Gasteiger partial charge in [0.2, 0.25) is 0 Å². The molecule has 0 aliphatic heterocycles. The molecule has 6 nitrogen and oxygen atoms in total. The minimum Gasteiger partial charge on any atom is -0.480 e. The first-order valence-electron chi connectivity index (χ1n) is 10.3. The molecule has 0 aliphatic rings. The fourth-order valence-corrected chi connectivity index (χ4v) is 3.41. The van der Waals surface area contributed by atoms with Crippen molar-refractivity contribution in [1.29, 1.82) is 0 Å². The molecule has 0 bridgehead atoms. The zero-order valence-corrected chi connectivity index (χ0v) is 17.5. The van der Waals surface area contributed by atoms with E-state index in [1.807, 2.05) is 84.9 Å². The molecule has 4 rings (SSSR count). The maximum Gasteiger partial charge on any atom is 0.320 e. The normalized spacial score (nSPS) is 12.6. The van der Waals surface area contributed by atoms with E-state index in [-0.39, 0.29) is 0 Å². The van der Waals surface area contributed by atoms with E-state index in [1.54, 1.807) is 0 Å². The van der Waals surface area contributed by atoms with Crippen LogP contribution in [-0.2, 0) is 22.4 Å². The molecule has 0 heterocycles. The first kappa shape index (κ1) is 22.9. The average Bonchev–Trinajstić information content (AvgIpc) is 2.79. The summed E-state index contributed by atoms with van der Waals surface area (Å²) in [5, 5.41) is 22.0. The third-order valence-electron chi connectivity index (χ3n) is 5.17. The van der Waals surface area contributed by atoms with Gasteiger partial charge in [-0.2, -0.15) is 0 Å². The number of carbonyl (C=O) groups is 2. The summed E-state index contributed by atoms with van der Waals surface area (Å²) in [5.74, 6) is -1.93. The Morgan fingerprint density at radius 2 is 0.938 bits per heavy atom. The molecule has 4 aromatic carbocycles. The van der Waals surface area contributed by atoms with Gasteiger partial charge in [-0.1, -0.05) is 84.9 Å². The molecule has 164 valence electrons. The number of hydrogen-bond acceptors (Lipinski definition) is 4. The van der Waals surface area contributed by atoms with E-state index in [4.69, 9.17) is 21.7 Å². The SMILES string of the molecule is N[C@@H](Cc1ccc2ccccc2c1)C(=O)O.N[C@@H](Cc1ccc2ccccc2c1)C(=O)O. The Bertz CT molecular complexity index is 1140. The van der Waals surface area contributed by atoms with Crippen LogP contribution in [0.1, 0.15) is 11.1 Å². The van der Waals surface area contributed by atoms with E-state index in [1.165, 1.54) is 0 Å². The third-order valence-corrected chi connectivity index (χ3v) is 5.17. The topological polar surface area (TPSA) is 127 Å². The van der Waals surface area contributed by atoms with Gasteiger partial charge in [0.1, 0.15) is 12.1 Å². The number of rotatable bonds is 6. The largest absolute Gasteiger partial charge is 0.480 e. The lowest BCUT2D eigenvalue weighted by atomic mass is 10.0. The molecular weight excluding hydrogens is 404 g/mol. The number of carboxylic acid groups (broad SMARTS) is 2. The van der Waals surface area contributed by atoms with Gasteiger partial charge in [-0.3, -0.25) is 9.59 Å². The lowest BCUT2D eigenvalue weighted by molar-refractivity contribution is -0.139. The number of hydrogen-bond donors (Lipinski definition) is 4. The molecule has 4 aromatic rings. The van der Waals surface area contributed by atoms with Gasteiger partial charge in [0.25, 0.3) is 0 Å². The molecule has 0 radical (unpaired) electrons. The standard InChI is InChI=1S/2C13H13NO2/c2*14-12(13(15)16)8-9-5-6-10-3-1-2-4-11(10)7-9/h2*1-7,12H,8,14H2,(H,15,16)/t2*12-/m00/s1. The van der Waals surface area contributed by atoms with Crippen molar-refractivity contribution in [3.05, 3.63) is 96.1 Å². The van der Waals surface area contributed by atoms with Crippen molar-refractivity contribution in [2.75, 3.05) is 0 Å². The molecular formula is C26H26N2O4. The molecule has 0 amide bonds. The molecule has 6 heteroatoms. The van der Waals surface area contributed by atoms with Gasteiger partial charge in [-0.05, 0) is 45.5 Å². The second kappa shape index (κ2) is 10.5. The van der Waals surface area contributed by atoms with Gasteiger partial charge in [0, 0.05) is 0 Å². The Morgan fingerprint density at radius 3 is 1.28 bits per heavy atom. The first-order valence-corrected chi connectivity index (χ1v) is 10.3. The number of benzene rings is 4. The van der Waals surface area contributed by atoms with Crippen LogP contribution in [0.5, 0.6) is 0 Å². The highest BCUT2D eigenvalue weighted by molar-refractivity contribution is 5.84.